The highest BCUT2D eigenvalue weighted by Gasteiger charge is 2.20. The summed E-state index contributed by atoms with van der Waals surface area (Å²) in [6, 6.07) is 8.98. The van der Waals surface area contributed by atoms with E-state index in [9.17, 15) is 18.8 Å². The first kappa shape index (κ1) is 21.2. The zero-order chi connectivity index (χ0) is 22.0. The van der Waals surface area contributed by atoms with Crippen molar-refractivity contribution in [2.24, 2.45) is 0 Å². The zero-order valence-corrected chi connectivity index (χ0v) is 17.2. The number of nitrogens with zero attached hydrogens (tertiary/aromatic N) is 2. The smallest absolute Gasteiger partial charge is 0.338 e. The van der Waals surface area contributed by atoms with E-state index >= 15 is 0 Å². The molecule has 0 aliphatic carbocycles. The number of fused-ring (bicyclic) bond motifs is 1. The van der Waals surface area contributed by atoms with Crippen LogP contribution in [0, 0.1) is 19.7 Å². The molecule has 2 aromatic carbocycles. The first-order chi connectivity index (χ1) is 14.2. The number of carbonyl (C=O) groups is 2. The highest BCUT2D eigenvalue weighted by atomic mass is 19.1. The van der Waals surface area contributed by atoms with Gasteiger partial charge in [-0.2, -0.15) is 0 Å². The van der Waals surface area contributed by atoms with Gasteiger partial charge in [0.05, 0.1) is 16.6 Å². The third-order valence-corrected chi connectivity index (χ3v) is 4.75. The van der Waals surface area contributed by atoms with Gasteiger partial charge in [0.1, 0.15) is 11.5 Å². The number of nitrogens with one attached hydrogen (secondary N) is 1. The molecule has 1 amide bonds. The first-order valence-corrected chi connectivity index (χ1v) is 9.50. The predicted molar refractivity (Wildman–Crippen MR) is 111 cm³/mol. The Balaban J connectivity index is 1.76. The Kier molecular flexibility index (Phi) is 5.96. The molecule has 1 heterocycles. The lowest BCUT2D eigenvalue weighted by atomic mass is 10.2. The van der Waals surface area contributed by atoms with Gasteiger partial charge in [-0.25, -0.2) is 14.2 Å². The SMILES string of the molecule is CCn1c(=O)c(C)nc2cc(C(=O)O[C@H](C)C(=O)Nc3ccc(C)c(F)c3)ccc21. The molecule has 0 aliphatic rings. The van der Waals surface area contributed by atoms with Crippen molar-refractivity contribution in [2.45, 2.75) is 40.3 Å². The van der Waals surface area contributed by atoms with E-state index in [1.165, 1.54) is 25.1 Å². The molecule has 3 rings (SSSR count). The van der Waals surface area contributed by atoms with Crippen LogP contribution in [-0.4, -0.2) is 27.5 Å². The second-order valence-corrected chi connectivity index (χ2v) is 6.95. The largest absolute Gasteiger partial charge is 0.449 e. The van der Waals surface area contributed by atoms with Crippen LogP contribution in [0.5, 0.6) is 0 Å². The predicted octanol–water partition coefficient (Wildman–Crippen LogP) is 3.36. The molecule has 0 bridgehead atoms. The molecule has 30 heavy (non-hydrogen) atoms. The van der Waals surface area contributed by atoms with Crippen LogP contribution in [0.4, 0.5) is 10.1 Å². The molecular formula is C22H22FN3O4. The van der Waals surface area contributed by atoms with Gasteiger partial charge >= 0.3 is 5.97 Å². The molecule has 0 radical (unpaired) electrons. The number of esters is 1. The highest BCUT2D eigenvalue weighted by Crippen LogP contribution is 2.16. The lowest BCUT2D eigenvalue weighted by molar-refractivity contribution is -0.123. The number of anilines is 1. The van der Waals surface area contributed by atoms with E-state index < -0.39 is 23.8 Å². The lowest BCUT2D eigenvalue weighted by Gasteiger charge is -2.14. The minimum Gasteiger partial charge on any atom is -0.449 e. The number of amides is 1. The molecule has 0 spiro atoms. The minimum absolute atomic E-state index is 0.182. The van der Waals surface area contributed by atoms with E-state index in [2.05, 4.69) is 10.3 Å². The lowest BCUT2D eigenvalue weighted by Crippen LogP contribution is -2.30. The molecular weight excluding hydrogens is 389 g/mol. The monoisotopic (exact) mass is 411 g/mol. The van der Waals surface area contributed by atoms with Crippen LogP contribution in [0.1, 0.15) is 35.5 Å². The average molecular weight is 411 g/mol. The summed E-state index contributed by atoms with van der Waals surface area (Å²) in [5, 5.41) is 2.52. The molecule has 7 nitrogen and oxygen atoms in total. The van der Waals surface area contributed by atoms with E-state index in [4.69, 9.17) is 4.74 Å². The molecule has 1 aromatic heterocycles. The third kappa shape index (κ3) is 4.22. The van der Waals surface area contributed by atoms with Crippen LogP contribution in [0.25, 0.3) is 11.0 Å². The molecule has 0 saturated carbocycles. The number of carbonyl (C=O) groups excluding carboxylic acids is 2. The Morgan fingerprint density at radius 2 is 1.93 bits per heavy atom. The van der Waals surface area contributed by atoms with Gasteiger partial charge in [0.2, 0.25) is 0 Å². The molecule has 0 fully saturated rings. The maximum absolute atomic E-state index is 13.6. The summed E-state index contributed by atoms with van der Waals surface area (Å²) in [5.74, 6) is -1.73. The number of aryl methyl sites for hydroxylation is 3. The summed E-state index contributed by atoms with van der Waals surface area (Å²) in [6.45, 7) is 6.97. The topological polar surface area (TPSA) is 90.3 Å². The molecule has 1 atom stereocenters. The van der Waals surface area contributed by atoms with Crippen LogP contribution in [0.2, 0.25) is 0 Å². The number of aromatic nitrogens is 2. The first-order valence-electron chi connectivity index (χ1n) is 9.50. The van der Waals surface area contributed by atoms with Crippen molar-refractivity contribution in [1.29, 1.82) is 0 Å². The Hall–Kier alpha value is -3.55. The number of halogens is 1. The van der Waals surface area contributed by atoms with Gasteiger partial charge in [0.25, 0.3) is 11.5 Å². The summed E-state index contributed by atoms with van der Waals surface area (Å²) >= 11 is 0. The summed E-state index contributed by atoms with van der Waals surface area (Å²) < 4.78 is 20.4. The minimum atomic E-state index is -1.10. The van der Waals surface area contributed by atoms with Crippen molar-refractivity contribution >= 4 is 28.6 Å². The summed E-state index contributed by atoms with van der Waals surface area (Å²) in [6.07, 6.45) is -1.10. The Morgan fingerprint density at radius 3 is 2.60 bits per heavy atom. The summed E-state index contributed by atoms with van der Waals surface area (Å²) in [7, 11) is 0. The van der Waals surface area contributed by atoms with Gasteiger partial charge < -0.3 is 14.6 Å². The van der Waals surface area contributed by atoms with Crippen LogP contribution in [0.3, 0.4) is 0 Å². The van der Waals surface area contributed by atoms with Crippen molar-refractivity contribution in [2.75, 3.05) is 5.32 Å². The fourth-order valence-electron chi connectivity index (χ4n) is 3.01. The van der Waals surface area contributed by atoms with Gasteiger partial charge in [-0.1, -0.05) is 6.07 Å². The van der Waals surface area contributed by atoms with Gasteiger partial charge in [0.15, 0.2) is 6.10 Å². The molecule has 0 aliphatic heterocycles. The van der Waals surface area contributed by atoms with Gasteiger partial charge in [-0.3, -0.25) is 9.59 Å². The van der Waals surface area contributed by atoms with Crippen LogP contribution < -0.4 is 10.9 Å². The van der Waals surface area contributed by atoms with Crippen molar-refractivity contribution in [3.05, 3.63) is 69.4 Å². The van der Waals surface area contributed by atoms with E-state index in [1.54, 1.807) is 36.6 Å². The second-order valence-electron chi connectivity index (χ2n) is 6.95. The third-order valence-electron chi connectivity index (χ3n) is 4.75. The maximum atomic E-state index is 13.6. The quantitative estimate of drug-likeness (QED) is 0.650. The fourth-order valence-corrected chi connectivity index (χ4v) is 3.01. The Labute approximate surface area is 172 Å². The molecule has 3 aromatic rings. The van der Waals surface area contributed by atoms with Crippen LogP contribution >= 0.6 is 0 Å². The Bertz CT molecular complexity index is 1200. The van der Waals surface area contributed by atoms with Crippen LogP contribution in [-0.2, 0) is 16.1 Å². The van der Waals surface area contributed by atoms with Crippen LogP contribution in [0.15, 0.2) is 41.2 Å². The number of hydrogen-bond donors (Lipinski definition) is 1. The maximum Gasteiger partial charge on any atom is 0.338 e. The molecule has 0 unspecified atom stereocenters. The summed E-state index contributed by atoms with van der Waals surface area (Å²) in [4.78, 5) is 41.2. The fraction of sp³-hybridized carbons (Fsp3) is 0.273. The van der Waals surface area contributed by atoms with Gasteiger partial charge in [-0.15, -0.1) is 0 Å². The Morgan fingerprint density at radius 1 is 1.20 bits per heavy atom. The van der Waals surface area contributed by atoms with Gasteiger partial charge in [0, 0.05) is 12.2 Å². The van der Waals surface area contributed by atoms with E-state index in [1.807, 2.05) is 6.92 Å². The number of hydrogen-bond acceptors (Lipinski definition) is 5. The van der Waals surface area contributed by atoms with Crippen molar-refractivity contribution in [3.8, 4) is 0 Å². The van der Waals surface area contributed by atoms with Crippen molar-refractivity contribution < 1.29 is 18.7 Å². The van der Waals surface area contributed by atoms with Gasteiger partial charge in [-0.05, 0) is 63.6 Å². The number of benzene rings is 2. The van der Waals surface area contributed by atoms with E-state index in [0.717, 1.165) is 0 Å². The van der Waals surface area contributed by atoms with Crippen molar-refractivity contribution in [3.63, 3.8) is 0 Å². The highest BCUT2D eigenvalue weighted by molar-refractivity contribution is 5.98. The van der Waals surface area contributed by atoms with E-state index in [0.29, 0.717) is 28.8 Å². The average Bonchev–Trinajstić information content (AvgIpc) is 2.71. The zero-order valence-electron chi connectivity index (χ0n) is 17.2. The molecule has 8 heteroatoms. The second kappa shape index (κ2) is 8.44. The molecule has 0 saturated heterocycles. The summed E-state index contributed by atoms with van der Waals surface area (Å²) in [5.41, 5.74) is 2.17. The molecule has 1 N–H and O–H groups in total. The standard InChI is InChI=1S/C22H22FN3O4/c1-5-26-19-9-7-15(10-18(19)24-13(3)21(26)28)22(29)30-14(4)20(27)25-16-8-6-12(2)17(23)11-16/h6-11,14H,5H2,1-4H3,(H,25,27)/t14-/m1/s1. The normalized spacial score (nSPS) is 11.9. The number of ether oxygens (including phenoxy) is 1. The molecule has 156 valence electrons. The van der Waals surface area contributed by atoms with E-state index in [-0.39, 0.29) is 16.8 Å². The van der Waals surface area contributed by atoms with Crippen molar-refractivity contribution in [1.82, 2.24) is 9.55 Å². The number of rotatable bonds is 5.